The second kappa shape index (κ2) is 7.56. The molecule has 2 aromatic heterocycles. The van der Waals surface area contributed by atoms with Gasteiger partial charge in [0.15, 0.2) is 0 Å². The lowest BCUT2D eigenvalue weighted by Gasteiger charge is -2.31. The van der Waals surface area contributed by atoms with E-state index in [2.05, 4.69) is 9.97 Å². The van der Waals surface area contributed by atoms with Crippen LogP contribution >= 0.6 is 0 Å². The zero-order valence-corrected chi connectivity index (χ0v) is 16.0. The van der Waals surface area contributed by atoms with Crippen molar-refractivity contribution in [2.75, 3.05) is 6.61 Å². The van der Waals surface area contributed by atoms with Gasteiger partial charge in [-0.2, -0.15) is 0 Å². The summed E-state index contributed by atoms with van der Waals surface area (Å²) < 4.78 is 5.73. The number of amides is 1. The molecule has 3 aromatic rings. The number of nitrogens with one attached hydrogen (secondary N) is 1. The van der Waals surface area contributed by atoms with Crippen LogP contribution in [0.3, 0.4) is 0 Å². The van der Waals surface area contributed by atoms with Gasteiger partial charge in [-0.3, -0.25) is 14.6 Å². The molecule has 2 unspecified atom stereocenters. The topological polar surface area (TPSA) is 75.3 Å². The van der Waals surface area contributed by atoms with Crippen molar-refractivity contribution in [3.8, 4) is 0 Å². The molecule has 1 saturated heterocycles. The van der Waals surface area contributed by atoms with Gasteiger partial charge >= 0.3 is 0 Å². The van der Waals surface area contributed by atoms with Crippen LogP contribution in [0.15, 0.2) is 53.7 Å². The number of aryl methyl sites for hydroxylation is 1. The van der Waals surface area contributed by atoms with E-state index in [0.29, 0.717) is 29.5 Å². The van der Waals surface area contributed by atoms with E-state index in [9.17, 15) is 9.59 Å². The summed E-state index contributed by atoms with van der Waals surface area (Å²) in [5.74, 6) is -0.133. The Morgan fingerprint density at radius 2 is 2.00 bits per heavy atom. The number of fused-ring (bicyclic) bond motifs is 1. The molecule has 1 aromatic carbocycles. The average molecular weight is 377 g/mol. The minimum Gasteiger partial charge on any atom is -0.376 e. The molecule has 28 heavy (non-hydrogen) atoms. The highest BCUT2D eigenvalue weighted by Gasteiger charge is 2.34. The molecule has 6 heteroatoms. The van der Waals surface area contributed by atoms with Crippen molar-refractivity contribution >= 4 is 16.7 Å². The number of aromatic amines is 1. The van der Waals surface area contributed by atoms with Gasteiger partial charge in [0.2, 0.25) is 0 Å². The first-order valence-corrected chi connectivity index (χ1v) is 9.48. The number of hydrogen-bond acceptors (Lipinski definition) is 4. The summed E-state index contributed by atoms with van der Waals surface area (Å²) in [5, 5.41) is 1.03. The standard InChI is InChI=1S/C22H23N3O3/c1-14-3-5-16(6-4-14)13-25(20-8-10-28-15(20)2)22(27)19-12-23-11-18-17(19)7-9-24-21(18)26/h3-7,9,11-12,15,20H,8,10,13H2,1-2H3,(H,24,26). The molecule has 6 nitrogen and oxygen atoms in total. The molecule has 0 aliphatic carbocycles. The minimum absolute atomic E-state index is 0.0222. The Labute approximate surface area is 163 Å². The van der Waals surface area contributed by atoms with E-state index in [1.54, 1.807) is 18.5 Å². The van der Waals surface area contributed by atoms with Crippen molar-refractivity contribution in [1.29, 1.82) is 0 Å². The van der Waals surface area contributed by atoms with Crippen molar-refractivity contribution in [2.24, 2.45) is 0 Å². The highest BCUT2D eigenvalue weighted by molar-refractivity contribution is 6.06. The Morgan fingerprint density at radius 3 is 2.71 bits per heavy atom. The van der Waals surface area contributed by atoms with Gasteiger partial charge in [0.05, 0.1) is 23.1 Å². The predicted molar refractivity (Wildman–Crippen MR) is 107 cm³/mol. The van der Waals surface area contributed by atoms with Crippen LogP contribution in [0.5, 0.6) is 0 Å². The van der Waals surface area contributed by atoms with E-state index in [0.717, 1.165) is 12.0 Å². The molecule has 1 fully saturated rings. The number of hydrogen-bond donors (Lipinski definition) is 1. The summed E-state index contributed by atoms with van der Waals surface area (Å²) in [7, 11) is 0. The summed E-state index contributed by atoms with van der Waals surface area (Å²) in [4.78, 5) is 34.3. The van der Waals surface area contributed by atoms with E-state index in [4.69, 9.17) is 4.74 Å². The number of rotatable bonds is 4. The number of nitrogens with zero attached hydrogens (tertiary/aromatic N) is 2. The highest BCUT2D eigenvalue weighted by atomic mass is 16.5. The Morgan fingerprint density at radius 1 is 1.21 bits per heavy atom. The maximum absolute atomic E-state index is 13.6. The molecule has 2 atom stereocenters. The van der Waals surface area contributed by atoms with Crippen LogP contribution in [0.1, 0.15) is 34.8 Å². The SMILES string of the molecule is Cc1ccc(CN(C(=O)c2cncc3c(=O)[nH]ccc23)C2CCOC2C)cc1. The van der Waals surface area contributed by atoms with Gasteiger partial charge in [-0.15, -0.1) is 0 Å². The van der Waals surface area contributed by atoms with Gasteiger partial charge in [-0.25, -0.2) is 0 Å². The first-order valence-electron chi connectivity index (χ1n) is 9.48. The zero-order chi connectivity index (χ0) is 19.7. The minimum atomic E-state index is -0.248. The Balaban J connectivity index is 1.76. The molecule has 0 spiro atoms. The van der Waals surface area contributed by atoms with E-state index in [1.807, 2.05) is 43.0 Å². The number of aromatic nitrogens is 2. The first-order chi connectivity index (χ1) is 13.5. The Kier molecular flexibility index (Phi) is 4.96. The smallest absolute Gasteiger partial charge is 0.257 e. The van der Waals surface area contributed by atoms with Gasteiger partial charge in [0.1, 0.15) is 0 Å². The number of carbonyl (C=O) groups is 1. The third kappa shape index (κ3) is 3.43. The van der Waals surface area contributed by atoms with E-state index < -0.39 is 0 Å². The summed E-state index contributed by atoms with van der Waals surface area (Å²) >= 11 is 0. The van der Waals surface area contributed by atoms with Crippen LogP contribution in [0.25, 0.3) is 10.8 Å². The highest BCUT2D eigenvalue weighted by Crippen LogP contribution is 2.25. The Bertz CT molecular complexity index is 1060. The summed E-state index contributed by atoms with van der Waals surface area (Å²) in [6.45, 7) is 5.16. The van der Waals surface area contributed by atoms with E-state index >= 15 is 0 Å². The number of benzene rings is 1. The zero-order valence-electron chi connectivity index (χ0n) is 16.0. The fourth-order valence-electron chi connectivity index (χ4n) is 3.79. The first kappa shape index (κ1) is 18.4. The lowest BCUT2D eigenvalue weighted by atomic mass is 10.0. The molecular weight excluding hydrogens is 354 g/mol. The third-order valence-electron chi connectivity index (χ3n) is 5.40. The molecular formula is C22H23N3O3. The number of pyridine rings is 2. The second-order valence-electron chi connectivity index (χ2n) is 7.31. The summed E-state index contributed by atoms with van der Waals surface area (Å²) in [6, 6.07) is 9.91. The van der Waals surface area contributed by atoms with Crippen molar-refractivity contribution in [3.05, 3.63) is 76.0 Å². The number of ether oxygens (including phenoxy) is 1. The molecule has 0 saturated carbocycles. The molecule has 0 bridgehead atoms. The van der Waals surface area contributed by atoms with Crippen LogP contribution in [0, 0.1) is 6.92 Å². The molecule has 4 rings (SSSR count). The monoisotopic (exact) mass is 377 g/mol. The van der Waals surface area contributed by atoms with Crippen LogP contribution < -0.4 is 5.56 Å². The fraction of sp³-hybridized carbons (Fsp3) is 0.318. The van der Waals surface area contributed by atoms with Crippen molar-refractivity contribution < 1.29 is 9.53 Å². The molecule has 1 N–H and O–H groups in total. The van der Waals surface area contributed by atoms with Crippen LogP contribution in [0.2, 0.25) is 0 Å². The van der Waals surface area contributed by atoms with Crippen molar-refractivity contribution in [2.45, 2.75) is 39.0 Å². The average Bonchev–Trinajstić information content (AvgIpc) is 3.12. The van der Waals surface area contributed by atoms with Crippen molar-refractivity contribution in [3.63, 3.8) is 0 Å². The van der Waals surface area contributed by atoms with Gasteiger partial charge in [-0.05, 0) is 31.9 Å². The maximum Gasteiger partial charge on any atom is 0.257 e. The largest absolute Gasteiger partial charge is 0.376 e. The fourth-order valence-corrected chi connectivity index (χ4v) is 3.79. The normalized spacial score (nSPS) is 19.1. The third-order valence-corrected chi connectivity index (χ3v) is 5.40. The molecule has 0 radical (unpaired) electrons. The molecule has 1 amide bonds. The molecule has 3 heterocycles. The lowest BCUT2D eigenvalue weighted by Crippen LogP contribution is -2.43. The van der Waals surface area contributed by atoms with Gasteiger partial charge in [0, 0.05) is 37.1 Å². The number of H-pyrrole nitrogens is 1. The predicted octanol–water partition coefficient (Wildman–Crippen LogP) is 3.05. The Hall–Kier alpha value is -2.99. The van der Waals surface area contributed by atoms with Crippen LogP contribution in [0.4, 0.5) is 0 Å². The molecule has 1 aliphatic heterocycles. The van der Waals surface area contributed by atoms with Crippen LogP contribution in [-0.2, 0) is 11.3 Å². The maximum atomic E-state index is 13.6. The van der Waals surface area contributed by atoms with Crippen LogP contribution in [-0.4, -0.2) is 39.5 Å². The molecule has 144 valence electrons. The van der Waals surface area contributed by atoms with E-state index in [-0.39, 0.29) is 23.6 Å². The summed E-state index contributed by atoms with van der Waals surface area (Å²) in [6.07, 6.45) is 5.36. The molecule has 1 aliphatic rings. The van der Waals surface area contributed by atoms with Crippen molar-refractivity contribution in [1.82, 2.24) is 14.9 Å². The lowest BCUT2D eigenvalue weighted by molar-refractivity contribution is 0.0484. The van der Waals surface area contributed by atoms with Gasteiger partial charge in [0.25, 0.3) is 11.5 Å². The number of carbonyl (C=O) groups excluding carboxylic acids is 1. The quantitative estimate of drug-likeness (QED) is 0.758. The van der Waals surface area contributed by atoms with Gasteiger partial charge in [-0.1, -0.05) is 29.8 Å². The van der Waals surface area contributed by atoms with Gasteiger partial charge < -0.3 is 14.6 Å². The second-order valence-corrected chi connectivity index (χ2v) is 7.31. The summed E-state index contributed by atoms with van der Waals surface area (Å²) in [5.41, 5.74) is 2.43. The van der Waals surface area contributed by atoms with E-state index in [1.165, 1.54) is 11.8 Å².